The molecule has 0 saturated heterocycles. The number of nitrogens with zero attached hydrogens (tertiary/aromatic N) is 2. The summed E-state index contributed by atoms with van der Waals surface area (Å²) in [7, 11) is 1.56. The highest BCUT2D eigenvalue weighted by Gasteiger charge is 2.14. The first kappa shape index (κ1) is 15.8. The zero-order valence-electron chi connectivity index (χ0n) is 13.2. The number of carbonyl (C=O) groups is 1. The third kappa shape index (κ3) is 4.18. The molecule has 1 aromatic carbocycles. The summed E-state index contributed by atoms with van der Waals surface area (Å²) in [5.41, 5.74) is 0.733. The van der Waals surface area contributed by atoms with Crippen LogP contribution in [0.25, 0.3) is 0 Å². The summed E-state index contributed by atoms with van der Waals surface area (Å²) >= 11 is 0. The molecular weight excluding hydrogens is 280 g/mol. The van der Waals surface area contributed by atoms with E-state index in [1.54, 1.807) is 25.3 Å². The summed E-state index contributed by atoms with van der Waals surface area (Å²) in [5.74, 6) is 0.884. The van der Waals surface area contributed by atoms with Gasteiger partial charge in [0, 0.05) is 11.6 Å². The van der Waals surface area contributed by atoms with Gasteiger partial charge in [0.25, 0.3) is 5.91 Å². The summed E-state index contributed by atoms with van der Waals surface area (Å²) in [6.45, 7) is 6.05. The Morgan fingerprint density at radius 2 is 1.91 bits per heavy atom. The van der Waals surface area contributed by atoms with E-state index >= 15 is 0 Å². The molecule has 0 aliphatic rings. The van der Waals surface area contributed by atoms with Crippen LogP contribution in [-0.4, -0.2) is 28.5 Å². The van der Waals surface area contributed by atoms with Crippen LogP contribution in [0.1, 0.15) is 31.3 Å². The van der Waals surface area contributed by atoms with Crippen molar-refractivity contribution in [2.24, 2.45) is 0 Å². The zero-order valence-corrected chi connectivity index (χ0v) is 13.2. The van der Waals surface area contributed by atoms with Gasteiger partial charge in [-0.15, -0.1) is 0 Å². The predicted octanol–water partition coefficient (Wildman–Crippen LogP) is 2.95. The van der Waals surface area contributed by atoms with Crippen molar-refractivity contribution in [2.75, 3.05) is 17.7 Å². The first-order chi connectivity index (χ1) is 10.4. The van der Waals surface area contributed by atoms with Crippen LogP contribution in [0.4, 0.5) is 11.5 Å². The van der Waals surface area contributed by atoms with Crippen LogP contribution in [0.3, 0.4) is 0 Å². The van der Waals surface area contributed by atoms with Gasteiger partial charge in [0.05, 0.1) is 12.8 Å². The number of para-hydroxylation sites is 2. The molecule has 22 heavy (non-hydrogen) atoms. The van der Waals surface area contributed by atoms with Crippen molar-refractivity contribution in [3.8, 4) is 5.75 Å². The molecule has 0 spiro atoms. The molecule has 0 bridgehead atoms. The Bertz CT molecular complexity index is 665. The van der Waals surface area contributed by atoms with E-state index in [0.29, 0.717) is 17.3 Å². The molecule has 6 heteroatoms. The highest BCUT2D eigenvalue weighted by molar-refractivity contribution is 6.04. The average Bonchev–Trinajstić information content (AvgIpc) is 2.46. The standard InChI is InChI=1S/C16H20N4O2/c1-16(2,3)20-14-9-12(17-10-18-14)15(21)19-11-7-5-6-8-13(11)22-4/h5-10H,1-4H3,(H,19,21)(H,17,18,20). The van der Waals surface area contributed by atoms with Gasteiger partial charge in [0.2, 0.25) is 0 Å². The van der Waals surface area contributed by atoms with Gasteiger partial charge in [-0.1, -0.05) is 12.1 Å². The molecule has 6 nitrogen and oxygen atoms in total. The number of hydrogen-bond donors (Lipinski definition) is 2. The largest absolute Gasteiger partial charge is 0.495 e. The van der Waals surface area contributed by atoms with E-state index in [4.69, 9.17) is 4.74 Å². The number of aromatic nitrogens is 2. The molecule has 0 unspecified atom stereocenters. The summed E-state index contributed by atoms with van der Waals surface area (Å²) in [6.07, 6.45) is 1.37. The van der Waals surface area contributed by atoms with Gasteiger partial charge >= 0.3 is 0 Å². The van der Waals surface area contributed by atoms with E-state index in [1.165, 1.54) is 6.33 Å². The van der Waals surface area contributed by atoms with Gasteiger partial charge in [-0.05, 0) is 32.9 Å². The number of nitrogens with one attached hydrogen (secondary N) is 2. The lowest BCUT2D eigenvalue weighted by Gasteiger charge is -2.21. The summed E-state index contributed by atoms with van der Waals surface area (Å²) < 4.78 is 5.21. The lowest BCUT2D eigenvalue weighted by atomic mass is 10.1. The van der Waals surface area contributed by atoms with Crippen molar-refractivity contribution in [3.05, 3.63) is 42.4 Å². The third-order valence-electron chi connectivity index (χ3n) is 2.76. The number of rotatable bonds is 4. The number of ether oxygens (including phenoxy) is 1. The predicted molar refractivity (Wildman–Crippen MR) is 86.4 cm³/mol. The van der Waals surface area contributed by atoms with E-state index in [-0.39, 0.29) is 17.1 Å². The first-order valence-corrected chi connectivity index (χ1v) is 6.93. The van der Waals surface area contributed by atoms with Crippen LogP contribution in [0.2, 0.25) is 0 Å². The number of carbonyl (C=O) groups excluding carboxylic acids is 1. The van der Waals surface area contributed by atoms with Crippen molar-refractivity contribution >= 4 is 17.4 Å². The number of hydrogen-bond acceptors (Lipinski definition) is 5. The van der Waals surface area contributed by atoms with Crippen LogP contribution in [0.5, 0.6) is 5.75 Å². The molecule has 116 valence electrons. The first-order valence-electron chi connectivity index (χ1n) is 6.93. The Morgan fingerprint density at radius 1 is 1.18 bits per heavy atom. The second kappa shape index (κ2) is 6.43. The van der Waals surface area contributed by atoms with E-state index in [1.807, 2.05) is 32.9 Å². The molecule has 0 atom stereocenters. The number of amides is 1. The summed E-state index contributed by atoms with van der Waals surface area (Å²) in [6, 6.07) is 8.83. The Balaban J connectivity index is 2.18. The third-order valence-corrected chi connectivity index (χ3v) is 2.76. The summed E-state index contributed by atoms with van der Waals surface area (Å²) in [5, 5.41) is 5.99. The van der Waals surface area contributed by atoms with Crippen molar-refractivity contribution in [3.63, 3.8) is 0 Å². The fourth-order valence-electron chi connectivity index (χ4n) is 1.87. The minimum Gasteiger partial charge on any atom is -0.495 e. The van der Waals surface area contributed by atoms with Crippen LogP contribution >= 0.6 is 0 Å². The molecule has 1 aromatic heterocycles. The lowest BCUT2D eigenvalue weighted by Crippen LogP contribution is -2.27. The molecule has 1 heterocycles. The zero-order chi connectivity index (χ0) is 16.2. The van der Waals surface area contributed by atoms with E-state index in [2.05, 4.69) is 20.6 Å². The Hall–Kier alpha value is -2.63. The van der Waals surface area contributed by atoms with Crippen molar-refractivity contribution in [1.82, 2.24) is 9.97 Å². The molecule has 1 amide bonds. The van der Waals surface area contributed by atoms with Gasteiger partial charge in [-0.2, -0.15) is 0 Å². The van der Waals surface area contributed by atoms with Gasteiger partial charge in [0.15, 0.2) is 0 Å². The Labute approximate surface area is 129 Å². The van der Waals surface area contributed by atoms with E-state index in [0.717, 1.165) is 0 Å². The highest BCUT2D eigenvalue weighted by Crippen LogP contribution is 2.23. The quantitative estimate of drug-likeness (QED) is 0.908. The monoisotopic (exact) mass is 300 g/mol. The topological polar surface area (TPSA) is 76.1 Å². The fraction of sp³-hybridized carbons (Fsp3) is 0.312. The van der Waals surface area contributed by atoms with Crippen LogP contribution < -0.4 is 15.4 Å². The maximum atomic E-state index is 12.3. The smallest absolute Gasteiger partial charge is 0.274 e. The van der Waals surface area contributed by atoms with Gasteiger partial charge in [-0.25, -0.2) is 9.97 Å². The van der Waals surface area contributed by atoms with Crippen LogP contribution in [0.15, 0.2) is 36.7 Å². The molecule has 2 aromatic rings. The van der Waals surface area contributed by atoms with Crippen LogP contribution in [-0.2, 0) is 0 Å². The van der Waals surface area contributed by atoms with Gasteiger partial charge in [-0.3, -0.25) is 4.79 Å². The average molecular weight is 300 g/mol. The number of anilines is 2. The second-order valence-electron chi connectivity index (χ2n) is 5.82. The fourth-order valence-corrected chi connectivity index (χ4v) is 1.87. The lowest BCUT2D eigenvalue weighted by molar-refractivity contribution is 0.102. The minimum absolute atomic E-state index is 0.148. The summed E-state index contributed by atoms with van der Waals surface area (Å²) in [4.78, 5) is 20.5. The molecule has 2 rings (SSSR count). The molecule has 0 saturated carbocycles. The maximum Gasteiger partial charge on any atom is 0.274 e. The van der Waals surface area contributed by atoms with E-state index < -0.39 is 0 Å². The maximum absolute atomic E-state index is 12.3. The SMILES string of the molecule is COc1ccccc1NC(=O)c1cc(NC(C)(C)C)ncn1. The molecule has 0 radical (unpaired) electrons. The van der Waals surface area contributed by atoms with Gasteiger partial charge in [0.1, 0.15) is 23.6 Å². The van der Waals surface area contributed by atoms with Crippen molar-refractivity contribution < 1.29 is 9.53 Å². The number of benzene rings is 1. The molecular formula is C16H20N4O2. The second-order valence-corrected chi connectivity index (χ2v) is 5.82. The van der Waals surface area contributed by atoms with Crippen molar-refractivity contribution in [1.29, 1.82) is 0 Å². The van der Waals surface area contributed by atoms with E-state index in [9.17, 15) is 4.79 Å². The minimum atomic E-state index is -0.316. The normalized spacial score (nSPS) is 10.9. The molecule has 0 fully saturated rings. The Morgan fingerprint density at radius 3 is 2.59 bits per heavy atom. The van der Waals surface area contributed by atoms with Crippen LogP contribution in [0, 0.1) is 0 Å². The van der Waals surface area contributed by atoms with Crippen molar-refractivity contribution in [2.45, 2.75) is 26.3 Å². The van der Waals surface area contributed by atoms with Gasteiger partial charge < -0.3 is 15.4 Å². The molecule has 2 N–H and O–H groups in total. The Kier molecular flexibility index (Phi) is 4.60. The molecule has 0 aliphatic heterocycles. The molecule has 0 aliphatic carbocycles. The highest BCUT2D eigenvalue weighted by atomic mass is 16.5. The number of methoxy groups -OCH3 is 1.